The number of benzene rings is 1. The number of H-pyrrole nitrogens is 1. The van der Waals surface area contributed by atoms with Gasteiger partial charge in [-0.15, -0.1) is 10.2 Å². The Morgan fingerprint density at radius 1 is 1.28 bits per heavy atom. The quantitative estimate of drug-likeness (QED) is 0.738. The minimum atomic E-state index is 0.386. The number of nitrogens with zero attached hydrogens (tertiary/aromatic N) is 3. The van der Waals surface area contributed by atoms with E-state index in [-0.39, 0.29) is 0 Å². The van der Waals surface area contributed by atoms with Crippen LogP contribution in [-0.2, 0) is 6.42 Å². The van der Waals surface area contributed by atoms with E-state index in [1.165, 1.54) is 23.9 Å². The zero-order chi connectivity index (χ0) is 17.2. The van der Waals surface area contributed by atoms with Gasteiger partial charge in [-0.2, -0.15) is 0 Å². The molecule has 0 unspecified atom stereocenters. The van der Waals surface area contributed by atoms with Gasteiger partial charge in [0.25, 0.3) is 0 Å². The van der Waals surface area contributed by atoms with Gasteiger partial charge < -0.3 is 14.3 Å². The molecular weight excluding hydrogens is 312 g/mol. The minimum Gasteiger partial charge on any atom is -0.425 e. The van der Waals surface area contributed by atoms with E-state index >= 15 is 0 Å². The lowest BCUT2D eigenvalue weighted by atomic mass is 10.1. The van der Waals surface area contributed by atoms with Crippen LogP contribution in [0.25, 0.3) is 10.9 Å². The highest BCUT2D eigenvalue weighted by atomic mass is 16.4. The first-order valence-corrected chi connectivity index (χ1v) is 9.28. The summed E-state index contributed by atoms with van der Waals surface area (Å²) in [6, 6.07) is 8.31. The molecule has 2 aromatic heterocycles. The average Bonchev–Trinajstić information content (AvgIpc) is 3.33. The Balaban J connectivity index is 1.41. The average molecular weight is 338 g/mol. The first kappa shape index (κ1) is 16.3. The van der Waals surface area contributed by atoms with Crippen LogP contribution >= 0.6 is 0 Å². The van der Waals surface area contributed by atoms with Gasteiger partial charge in [-0.1, -0.05) is 32.0 Å². The van der Waals surface area contributed by atoms with Crippen LogP contribution < -0.4 is 0 Å². The van der Waals surface area contributed by atoms with E-state index in [0.717, 1.165) is 36.8 Å². The maximum absolute atomic E-state index is 6.00. The summed E-state index contributed by atoms with van der Waals surface area (Å²) in [7, 11) is 0. The lowest BCUT2D eigenvalue weighted by Gasteiger charge is -2.16. The normalized spacial score (nSPS) is 18.6. The number of fused-ring (bicyclic) bond motifs is 1. The Labute approximate surface area is 148 Å². The Bertz CT molecular complexity index is 835. The number of para-hydroxylation sites is 1. The molecule has 25 heavy (non-hydrogen) atoms. The fourth-order valence-electron chi connectivity index (χ4n) is 3.62. The van der Waals surface area contributed by atoms with Gasteiger partial charge in [-0.3, -0.25) is 0 Å². The molecule has 1 fully saturated rings. The van der Waals surface area contributed by atoms with E-state index < -0.39 is 0 Å². The molecule has 1 aliphatic rings. The molecule has 1 aromatic carbocycles. The third-order valence-electron chi connectivity index (χ3n) is 5.14. The van der Waals surface area contributed by atoms with E-state index in [1.54, 1.807) is 0 Å². The second-order valence-corrected chi connectivity index (χ2v) is 7.54. The molecule has 0 spiro atoms. The summed E-state index contributed by atoms with van der Waals surface area (Å²) in [5.41, 5.74) is 2.35. The molecule has 0 radical (unpaired) electrons. The summed E-state index contributed by atoms with van der Waals surface area (Å²) in [6.07, 6.45) is 5.09. The van der Waals surface area contributed by atoms with Crippen molar-refractivity contribution in [1.29, 1.82) is 0 Å². The standard InChI is InChI=1S/C20H26N4O/c1-14(2)7-9-24-10-8-15(13-24)20-23-22-19(25-20)11-16-12-21-18-6-4-3-5-17(16)18/h3-6,12,14-15,21H,7-11,13H2,1-2H3/t15-/m0/s1. The van der Waals surface area contributed by atoms with Gasteiger partial charge in [0.05, 0.1) is 12.3 Å². The predicted molar refractivity (Wildman–Crippen MR) is 98.7 cm³/mol. The van der Waals surface area contributed by atoms with E-state index in [0.29, 0.717) is 18.2 Å². The van der Waals surface area contributed by atoms with Crippen LogP contribution in [-0.4, -0.2) is 39.7 Å². The molecule has 1 aliphatic heterocycles. The van der Waals surface area contributed by atoms with Crippen molar-refractivity contribution < 1.29 is 4.42 Å². The maximum atomic E-state index is 6.00. The van der Waals surface area contributed by atoms with Gasteiger partial charge in [0.2, 0.25) is 11.8 Å². The van der Waals surface area contributed by atoms with Crippen molar-refractivity contribution in [1.82, 2.24) is 20.1 Å². The fourth-order valence-corrected chi connectivity index (χ4v) is 3.62. The first-order valence-electron chi connectivity index (χ1n) is 9.28. The van der Waals surface area contributed by atoms with Crippen LogP contribution in [0.4, 0.5) is 0 Å². The Hall–Kier alpha value is -2.14. The molecule has 1 saturated heterocycles. The van der Waals surface area contributed by atoms with Gasteiger partial charge in [0.1, 0.15) is 0 Å². The highest BCUT2D eigenvalue weighted by Gasteiger charge is 2.28. The van der Waals surface area contributed by atoms with Gasteiger partial charge in [0, 0.05) is 23.6 Å². The van der Waals surface area contributed by atoms with Crippen molar-refractivity contribution in [2.24, 2.45) is 5.92 Å². The first-order chi connectivity index (χ1) is 12.2. The number of rotatable bonds is 6. The molecule has 0 amide bonds. The van der Waals surface area contributed by atoms with E-state index in [1.807, 2.05) is 12.3 Å². The molecule has 3 heterocycles. The van der Waals surface area contributed by atoms with Crippen molar-refractivity contribution in [3.05, 3.63) is 47.8 Å². The van der Waals surface area contributed by atoms with Gasteiger partial charge in [-0.05, 0) is 43.5 Å². The lowest BCUT2D eigenvalue weighted by Crippen LogP contribution is -2.22. The molecule has 3 aromatic rings. The van der Waals surface area contributed by atoms with Gasteiger partial charge in [-0.25, -0.2) is 0 Å². The number of hydrogen-bond donors (Lipinski definition) is 1. The predicted octanol–water partition coefficient (Wildman–Crippen LogP) is 3.98. The van der Waals surface area contributed by atoms with Crippen LogP contribution in [0.5, 0.6) is 0 Å². The van der Waals surface area contributed by atoms with Crippen molar-refractivity contribution in [2.75, 3.05) is 19.6 Å². The van der Waals surface area contributed by atoms with Crippen molar-refractivity contribution in [2.45, 2.75) is 39.0 Å². The Morgan fingerprint density at radius 2 is 2.16 bits per heavy atom. The van der Waals surface area contributed by atoms with Crippen LogP contribution in [0, 0.1) is 5.92 Å². The summed E-state index contributed by atoms with van der Waals surface area (Å²) < 4.78 is 6.00. The van der Waals surface area contributed by atoms with E-state index in [2.05, 4.69) is 52.1 Å². The van der Waals surface area contributed by atoms with Crippen LogP contribution in [0.1, 0.15) is 50.0 Å². The monoisotopic (exact) mass is 338 g/mol. The van der Waals surface area contributed by atoms with Gasteiger partial charge >= 0.3 is 0 Å². The zero-order valence-electron chi connectivity index (χ0n) is 15.0. The highest BCUT2D eigenvalue weighted by Crippen LogP contribution is 2.27. The van der Waals surface area contributed by atoms with Crippen molar-refractivity contribution in [3.8, 4) is 0 Å². The van der Waals surface area contributed by atoms with Gasteiger partial charge in [0.15, 0.2) is 0 Å². The molecule has 5 heteroatoms. The molecule has 1 atom stereocenters. The molecule has 0 saturated carbocycles. The lowest BCUT2D eigenvalue weighted by molar-refractivity contribution is 0.304. The molecular formula is C20H26N4O. The molecule has 0 bridgehead atoms. The minimum absolute atomic E-state index is 0.386. The summed E-state index contributed by atoms with van der Waals surface area (Å²) in [5, 5.41) is 9.85. The summed E-state index contributed by atoms with van der Waals surface area (Å²) in [5.74, 6) is 2.66. The summed E-state index contributed by atoms with van der Waals surface area (Å²) in [6.45, 7) is 7.91. The topological polar surface area (TPSA) is 58.0 Å². The maximum Gasteiger partial charge on any atom is 0.221 e. The van der Waals surface area contributed by atoms with Crippen LogP contribution in [0.3, 0.4) is 0 Å². The smallest absolute Gasteiger partial charge is 0.221 e. The molecule has 0 aliphatic carbocycles. The largest absolute Gasteiger partial charge is 0.425 e. The highest BCUT2D eigenvalue weighted by molar-refractivity contribution is 5.83. The number of aromatic nitrogens is 3. The number of nitrogens with one attached hydrogen (secondary N) is 1. The van der Waals surface area contributed by atoms with Crippen molar-refractivity contribution in [3.63, 3.8) is 0 Å². The second kappa shape index (κ2) is 7.00. The Morgan fingerprint density at radius 3 is 3.04 bits per heavy atom. The van der Waals surface area contributed by atoms with Crippen molar-refractivity contribution >= 4 is 10.9 Å². The molecule has 1 N–H and O–H groups in total. The zero-order valence-corrected chi connectivity index (χ0v) is 15.0. The SMILES string of the molecule is CC(C)CCN1CC[C@H](c2nnc(Cc3c[nH]c4ccccc34)o2)C1. The number of likely N-dealkylation sites (tertiary alicyclic amines) is 1. The number of aromatic amines is 1. The fraction of sp³-hybridized carbons (Fsp3) is 0.500. The second-order valence-electron chi connectivity index (χ2n) is 7.54. The summed E-state index contributed by atoms with van der Waals surface area (Å²) in [4.78, 5) is 5.82. The number of hydrogen-bond acceptors (Lipinski definition) is 4. The van der Waals surface area contributed by atoms with E-state index in [4.69, 9.17) is 4.42 Å². The molecule has 5 nitrogen and oxygen atoms in total. The third-order valence-corrected chi connectivity index (χ3v) is 5.14. The molecule has 4 rings (SSSR count). The summed E-state index contributed by atoms with van der Waals surface area (Å²) >= 11 is 0. The van der Waals surface area contributed by atoms with Crippen LogP contribution in [0.2, 0.25) is 0 Å². The Kier molecular flexibility index (Phi) is 4.57. The molecule has 132 valence electrons. The van der Waals surface area contributed by atoms with E-state index in [9.17, 15) is 0 Å². The van der Waals surface area contributed by atoms with Crippen LogP contribution in [0.15, 0.2) is 34.9 Å². The third kappa shape index (κ3) is 3.61.